The quantitative estimate of drug-likeness (QED) is 0.730. The van der Waals surface area contributed by atoms with E-state index < -0.39 is 0 Å². The van der Waals surface area contributed by atoms with Crippen molar-refractivity contribution >= 4 is 16.8 Å². The van der Waals surface area contributed by atoms with Gasteiger partial charge in [-0.1, -0.05) is 0 Å². The van der Waals surface area contributed by atoms with Crippen LogP contribution in [-0.4, -0.2) is 52.1 Å². The number of piperidine rings is 1. The van der Waals surface area contributed by atoms with Gasteiger partial charge in [0.05, 0.1) is 19.0 Å². The van der Waals surface area contributed by atoms with Crippen molar-refractivity contribution in [3.63, 3.8) is 0 Å². The summed E-state index contributed by atoms with van der Waals surface area (Å²) in [5.74, 6) is 1.05. The van der Waals surface area contributed by atoms with Gasteiger partial charge in [0, 0.05) is 48.6 Å². The third kappa shape index (κ3) is 2.77. The molecule has 2 aliphatic rings. The minimum atomic E-state index is -0.0778. The molecule has 2 aromatic heterocycles. The lowest BCUT2D eigenvalue weighted by Gasteiger charge is -2.44. The minimum absolute atomic E-state index is 0.0778. The summed E-state index contributed by atoms with van der Waals surface area (Å²) < 4.78 is 7.25. The van der Waals surface area contributed by atoms with Crippen molar-refractivity contribution in [2.24, 2.45) is 0 Å². The fourth-order valence-corrected chi connectivity index (χ4v) is 4.74. The van der Waals surface area contributed by atoms with E-state index in [0.717, 1.165) is 50.2 Å². The molecule has 1 spiro atoms. The number of nitrogens with one attached hydrogen (secondary N) is 2. The van der Waals surface area contributed by atoms with Crippen molar-refractivity contribution in [1.82, 2.24) is 24.8 Å². The second-order valence-corrected chi connectivity index (χ2v) is 7.76. The standard InChI is InChI=1S/C21H25N5O2/c1-28-15-2-3-18-17(12-15)16-4-7-23-21(20(16)24-18)5-9-26(10-6-21)19(27)13-25-11-8-22-14-25/h2-3,8,11-12,14,23-24H,4-7,9-10,13H2,1H3. The highest BCUT2D eigenvalue weighted by molar-refractivity contribution is 5.87. The van der Waals surface area contributed by atoms with Crippen LogP contribution in [0.1, 0.15) is 24.1 Å². The van der Waals surface area contributed by atoms with Crippen molar-refractivity contribution in [2.75, 3.05) is 26.7 Å². The minimum Gasteiger partial charge on any atom is -0.497 e. The largest absolute Gasteiger partial charge is 0.497 e. The van der Waals surface area contributed by atoms with Gasteiger partial charge in [-0.2, -0.15) is 0 Å². The number of carbonyl (C=O) groups is 1. The predicted octanol–water partition coefficient (Wildman–Crippen LogP) is 2.04. The summed E-state index contributed by atoms with van der Waals surface area (Å²) in [5.41, 5.74) is 3.77. The Morgan fingerprint density at radius 2 is 2.18 bits per heavy atom. The molecule has 0 saturated carbocycles. The first-order chi connectivity index (χ1) is 13.7. The highest BCUT2D eigenvalue weighted by atomic mass is 16.5. The first kappa shape index (κ1) is 17.3. The molecule has 0 unspecified atom stereocenters. The second kappa shape index (κ2) is 6.67. The Hall–Kier alpha value is -2.80. The number of carbonyl (C=O) groups excluding carboxylic acids is 1. The molecule has 7 nitrogen and oxygen atoms in total. The Balaban J connectivity index is 1.38. The topological polar surface area (TPSA) is 75.2 Å². The summed E-state index contributed by atoms with van der Waals surface area (Å²) in [6, 6.07) is 6.24. The summed E-state index contributed by atoms with van der Waals surface area (Å²) in [7, 11) is 1.71. The maximum atomic E-state index is 12.6. The van der Waals surface area contributed by atoms with Crippen LogP contribution < -0.4 is 10.1 Å². The number of aromatic amines is 1. The van der Waals surface area contributed by atoms with Gasteiger partial charge in [0.15, 0.2) is 0 Å². The van der Waals surface area contributed by atoms with Gasteiger partial charge < -0.3 is 24.5 Å². The molecular weight excluding hydrogens is 354 g/mol. The van der Waals surface area contributed by atoms with Crippen LogP contribution >= 0.6 is 0 Å². The van der Waals surface area contributed by atoms with Crippen molar-refractivity contribution in [2.45, 2.75) is 31.3 Å². The number of methoxy groups -OCH3 is 1. The van der Waals surface area contributed by atoms with Gasteiger partial charge in [0.1, 0.15) is 12.3 Å². The molecule has 4 heterocycles. The Morgan fingerprint density at radius 3 is 2.93 bits per heavy atom. The maximum absolute atomic E-state index is 12.6. The average Bonchev–Trinajstić information content (AvgIpc) is 3.36. The Bertz CT molecular complexity index is 999. The van der Waals surface area contributed by atoms with Gasteiger partial charge in [0.2, 0.25) is 5.91 Å². The molecular formula is C21H25N5O2. The first-order valence-electron chi connectivity index (χ1n) is 9.86. The molecule has 5 rings (SSSR count). The number of aromatic nitrogens is 3. The molecule has 1 saturated heterocycles. The third-order valence-electron chi connectivity index (χ3n) is 6.28. The Labute approximate surface area is 163 Å². The van der Waals surface area contributed by atoms with Crippen molar-refractivity contribution in [1.29, 1.82) is 0 Å². The monoisotopic (exact) mass is 379 g/mol. The predicted molar refractivity (Wildman–Crippen MR) is 106 cm³/mol. The third-order valence-corrected chi connectivity index (χ3v) is 6.28. The van der Waals surface area contributed by atoms with Crippen LogP contribution in [0, 0.1) is 0 Å². The number of amides is 1. The number of hydrogen-bond donors (Lipinski definition) is 2. The van der Waals surface area contributed by atoms with E-state index in [-0.39, 0.29) is 11.4 Å². The lowest BCUT2D eigenvalue weighted by Crippen LogP contribution is -2.55. The number of fused-ring (bicyclic) bond motifs is 4. The Kier molecular flexibility index (Phi) is 4.12. The molecule has 0 bridgehead atoms. The Morgan fingerprint density at radius 1 is 1.32 bits per heavy atom. The van der Waals surface area contributed by atoms with Crippen molar-refractivity contribution in [3.8, 4) is 5.75 Å². The highest BCUT2D eigenvalue weighted by Gasteiger charge is 2.42. The number of H-pyrrole nitrogens is 1. The molecule has 0 aliphatic carbocycles. The van der Waals surface area contributed by atoms with Crippen LogP contribution in [0.2, 0.25) is 0 Å². The van der Waals surface area contributed by atoms with E-state index in [9.17, 15) is 4.79 Å². The normalized spacial score (nSPS) is 18.4. The van der Waals surface area contributed by atoms with Crippen LogP contribution in [-0.2, 0) is 23.3 Å². The number of likely N-dealkylation sites (tertiary alicyclic amines) is 1. The number of benzene rings is 1. The van der Waals surface area contributed by atoms with Crippen LogP contribution in [0.25, 0.3) is 10.9 Å². The van der Waals surface area contributed by atoms with E-state index in [1.807, 2.05) is 21.7 Å². The molecule has 0 radical (unpaired) electrons. The second-order valence-electron chi connectivity index (χ2n) is 7.76. The van der Waals surface area contributed by atoms with Gasteiger partial charge in [-0.15, -0.1) is 0 Å². The smallest absolute Gasteiger partial charge is 0.242 e. The number of nitrogens with zero attached hydrogens (tertiary/aromatic N) is 3. The maximum Gasteiger partial charge on any atom is 0.242 e. The lowest BCUT2D eigenvalue weighted by atomic mass is 9.79. The zero-order chi connectivity index (χ0) is 19.1. The van der Waals surface area contributed by atoms with E-state index in [1.165, 1.54) is 16.6 Å². The van der Waals surface area contributed by atoms with E-state index in [0.29, 0.717) is 6.54 Å². The number of imidazole rings is 1. The van der Waals surface area contributed by atoms with E-state index in [1.54, 1.807) is 19.6 Å². The lowest BCUT2D eigenvalue weighted by molar-refractivity contribution is -0.133. The van der Waals surface area contributed by atoms with Crippen molar-refractivity contribution < 1.29 is 9.53 Å². The molecule has 1 fully saturated rings. The van der Waals surface area contributed by atoms with E-state index in [2.05, 4.69) is 27.4 Å². The molecule has 1 amide bonds. The van der Waals surface area contributed by atoms with Crippen LogP contribution in [0.5, 0.6) is 5.75 Å². The SMILES string of the molecule is COc1ccc2[nH]c3c(c2c1)CCNC31CCN(C(=O)Cn2ccnc2)CC1. The fourth-order valence-electron chi connectivity index (χ4n) is 4.74. The van der Waals surface area contributed by atoms with Crippen LogP contribution in [0.3, 0.4) is 0 Å². The molecule has 28 heavy (non-hydrogen) atoms. The summed E-state index contributed by atoms with van der Waals surface area (Å²) in [5, 5.41) is 5.03. The van der Waals surface area contributed by atoms with Gasteiger partial charge in [-0.25, -0.2) is 4.98 Å². The molecule has 7 heteroatoms. The molecule has 2 N–H and O–H groups in total. The fraction of sp³-hybridized carbons (Fsp3) is 0.429. The van der Waals surface area contributed by atoms with E-state index in [4.69, 9.17) is 4.74 Å². The van der Waals surface area contributed by atoms with Crippen LogP contribution in [0.15, 0.2) is 36.9 Å². The summed E-state index contributed by atoms with van der Waals surface area (Å²) in [6.45, 7) is 2.84. The van der Waals surface area contributed by atoms with E-state index >= 15 is 0 Å². The first-order valence-corrected chi connectivity index (χ1v) is 9.86. The van der Waals surface area contributed by atoms with Gasteiger partial charge in [-0.05, 0) is 43.0 Å². The highest BCUT2D eigenvalue weighted by Crippen LogP contribution is 2.40. The molecule has 146 valence electrons. The molecule has 2 aliphatic heterocycles. The molecule has 3 aromatic rings. The van der Waals surface area contributed by atoms with Crippen LogP contribution in [0.4, 0.5) is 0 Å². The zero-order valence-electron chi connectivity index (χ0n) is 16.1. The average molecular weight is 379 g/mol. The van der Waals surface area contributed by atoms with Gasteiger partial charge in [-0.3, -0.25) is 4.79 Å². The number of ether oxygens (including phenoxy) is 1. The summed E-state index contributed by atoms with van der Waals surface area (Å²) in [4.78, 5) is 22.3. The number of rotatable bonds is 3. The van der Waals surface area contributed by atoms with Gasteiger partial charge >= 0.3 is 0 Å². The summed E-state index contributed by atoms with van der Waals surface area (Å²) in [6.07, 6.45) is 8.07. The molecule has 0 atom stereocenters. The van der Waals surface area contributed by atoms with Crippen molar-refractivity contribution in [3.05, 3.63) is 48.2 Å². The van der Waals surface area contributed by atoms with Gasteiger partial charge in [0.25, 0.3) is 0 Å². The molecule has 1 aromatic carbocycles. The zero-order valence-corrected chi connectivity index (χ0v) is 16.1. The number of hydrogen-bond acceptors (Lipinski definition) is 4. The summed E-state index contributed by atoms with van der Waals surface area (Å²) >= 11 is 0.